The molecule has 4 heteroatoms. The van der Waals surface area contributed by atoms with Gasteiger partial charge in [0.25, 0.3) is 0 Å². The number of ether oxygens (including phenoxy) is 1. The van der Waals surface area contributed by atoms with Gasteiger partial charge in [-0.15, -0.1) is 0 Å². The number of morpholine rings is 1. The van der Waals surface area contributed by atoms with Gasteiger partial charge in [0.05, 0.1) is 18.8 Å². The largest absolute Gasteiger partial charge is 0.374 e. The predicted molar refractivity (Wildman–Crippen MR) is 83.0 cm³/mol. The lowest BCUT2D eigenvalue weighted by atomic mass is 9.90. The second-order valence-corrected chi connectivity index (χ2v) is 6.33. The van der Waals surface area contributed by atoms with E-state index in [1.807, 2.05) is 0 Å². The standard InChI is InChI=1S/C18H24FNO2/c19-15-10-8-14(9-11-15)4-3-7-18(21)20-12-13-22-17-6-2-1-5-16(17)20/h8-11,16-17H,1-7,12-13H2. The van der Waals surface area contributed by atoms with Crippen LogP contribution in [0.3, 0.4) is 0 Å². The van der Waals surface area contributed by atoms with E-state index in [0.29, 0.717) is 19.1 Å². The molecule has 2 fully saturated rings. The van der Waals surface area contributed by atoms with Crippen LogP contribution in [0.5, 0.6) is 0 Å². The van der Waals surface area contributed by atoms with E-state index in [1.54, 1.807) is 12.1 Å². The number of amides is 1. The topological polar surface area (TPSA) is 29.5 Å². The summed E-state index contributed by atoms with van der Waals surface area (Å²) in [6.07, 6.45) is 7.05. The van der Waals surface area contributed by atoms with Crippen molar-refractivity contribution in [2.45, 2.75) is 57.1 Å². The fourth-order valence-electron chi connectivity index (χ4n) is 3.64. The molecule has 0 N–H and O–H groups in total. The summed E-state index contributed by atoms with van der Waals surface area (Å²) in [5.41, 5.74) is 1.09. The highest BCUT2D eigenvalue weighted by Gasteiger charge is 2.36. The molecular formula is C18H24FNO2. The molecule has 22 heavy (non-hydrogen) atoms. The Morgan fingerprint density at radius 1 is 1.23 bits per heavy atom. The van der Waals surface area contributed by atoms with Crippen LogP contribution in [0.1, 0.15) is 44.1 Å². The maximum absolute atomic E-state index is 12.9. The van der Waals surface area contributed by atoms with Crippen LogP contribution in [0, 0.1) is 5.82 Å². The maximum Gasteiger partial charge on any atom is 0.222 e. The lowest BCUT2D eigenvalue weighted by Gasteiger charge is -2.43. The molecular weight excluding hydrogens is 281 g/mol. The Bertz CT molecular complexity index is 500. The zero-order chi connectivity index (χ0) is 15.4. The Morgan fingerprint density at radius 2 is 2.00 bits per heavy atom. The molecule has 1 aromatic carbocycles. The normalized spacial score (nSPS) is 24.9. The molecule has 2 aliphatic rings. The first-order valence-electron chi connectivity index (χ1n) is 8.39. The molecule has 3 nitrogen and oxygen atoms in total. The Labute approximate surface area is 131 Å². The quantitative estimate of drug-likeness (QED) is 0.854. The van der Waals surface area contributed by atoms with Crippen LogP contribution >= 0.6 is 0 Å². The third kappa shape index (κ3) is 3.67. The SMILES string of the molecule is O=C(CCCc1ccc(F)cc1)N1CCOC2CCCCC21. The predicted octanol–water partition coefficient (Wildman–Crippen LogP) is 3.32. The summed E-state index contributed by atoms with van der Waals surface area (Å²) >= 11 is 0. The number of hydrogen-bond donors (Lipinski definition) is 0. The van der Waals surface area contributed by atoms with Gasteiger partial charge >= 0.3 is 0 Å². The number of carbonyl (C=O) groups is 1. The Kier molecular flexibility index (Phi) is 5.08. The van der Waals surface area contributed by atoms with Crippen LogP contribution < -0.4 is 0 Å². The highest BCUT2D eigenvalue weighted by molar-refractivity contribution is 5.76. The number of nitrogens with zero attached hydrogens (tertiary/aromatic N) is 1. The molecule has 0 radical (unpaired) electrons. The minimum Gasteiger partial charge on any atom is -0.374 e. The van der Waals surface area contributed by atoms with Crippen molar-refractivity contribution in [3.63, 3.8) is 0 Å². The molecule has 2 atom stereocenters. The highest BCUT2D eigenvalue weighted by atomic mass is 19.1. The Balaban J connectivity index is 1.49. The molecule has 1 saturated heterocycles. The van der Waals surface area contributed by atoms with Crippen LogP contribution in [0.2, 0.25) is 0 Å². The number of hydrogen-bond acceptors (Lipinski definition) is 2. The zero-order valence-electron chi connectivity index (χ0n) is 13.0. The van der Waals surface area contributed by atoms with Crippen LogP contribution in [-0.4, -0.2) is 36.1 Å². The molecule has 1 heterocycles. The van der Waals surface area contributed by atoms with Gasteiger partial charge in [-0.2, -0.15) is 0 Å². The van der Waals surface area contributed by atoms with Gasteiger partial charge < -0.3 is 9.64 Å². The van der Waals surface area contributed by atoms with Crippen LogP contribution in [0.15, 0.2) is 24.3 Å². The third-order valence-corrected chi connectivity index (χ3v) is 4.82. The van der Waals surface area contributed by atoms with E-state index in [4.69, 9.17) is 4.74 Å². The van der Waals surface area contributed by atoms with Gasteiger partial charge in [-0.25, -0.2) is 4.39 Å². The summed E-state index contributed by atoms with van der Waals surface area (Å²) < 4.78 is 18.7. The molecule has 1 amide bonds. The van der Waals surface area contributed by atoms with E-state index >= 15 is 0 Å². The monoisotopic (exact) mass is 305 g/mol. The van der Waals surface area contributed by atoms with E-state index in [9.17, 15) is 9.18 Å². The lowest BCUT2D eigenvalue weighted by Crippen LogP contribution is -2.54. The first kappa shape index (κ1) is 15.5. The number of rotatable bonds is 4. The average Bonchev–Trinajstić information content (AvgIpc) is 2.56. The van der Waals surface area contributed by atoms with Crippen LogP contribution in [0.25, 0.3) is 0 Å². The molecule has 1 aromatic rings. The fourth-order valence-corrected chi connectivity index (χ4v) is 3.64. The molecule has 1 aliphatic carbocycles. The average molecular weight is 305 g/mol. The van der Waals surface area contributed by atoms with E-state index in [1.165, 1.54) is 25.0 Å². The Morgan fingerprint density at radius 3 is 2.82 bits per heavy atom. The van der Waals surface area contributed by atoms with Crippen molar-refractivity contribution >= 4 is 5.91 Å². The van der Waals surface area contributed by atoms with E-state index in [2.05, 4.69) is 4.90 Å². The minimum absolute atomic E-state index is 0.212. The molecule has 120 valence electrons. The summed E-state index contributed by atoms with van der Waals surface area (Å²) in [6.45, 7) is 1.40. The molecule has 1 saturated carbocycles. The lowest BCUT2D eigenvalue weighted by molar-refractivity contribution is -0.149. The first-order valence-corrected chi connectivity index (χ1v) is 8.39. The van der Waals surface area contributed by atoms with Gasteiger partial charge in [0, 0.05) is 13.0 Å². The summed E-state index contributed by atoms with van der Waals surface area (Å²) in [6, 6.07) is 6.84. The van der Waals surface area contributed by atoms with Gasteiger partial charge in [0.2, 0.25) is 5.91 Å². The number of carbonyl (C=O) groups excluding carboxylic acids is 1. The molecule has 2 unspecified atom stereocenters. The summed E-state index contributed by atoms with van der Waals surface area (Å²) in [4.78, 5) is 14.6. The van der Waals surface area contributed by atoms with Crippen molar-refractivity contribution < 1.29 is 13.9 Å². The summed E-state index contributed by atoms with van der Waals surface area (Å²) in [7, 11) is 0. The summed E-state index contributed by atoms with van der Waals surface area (Å²) in [5.74, 6) is 0.0406. The zero-order valence-corrected chi connectivity index (χ0v) is 13.0. The van der Waals surface area contributed by atoms with Crippen molar-refractivity contribution in [2.24, 2.45) is 0 Å². The number of aryl methyl sites for hydroxylation is 1. The number of fused-ring (bicyclic) bond motifs is 1. The van der Waals surface area contributed by atoms with Crippen molar-refractivity contribution in [1.82, 2.24) is 4.90 Å². The van der Waals surface area contributed by atoms with Gasteiger partial charge in [0.15, 0.2) is 0 Å². The van der Waals surface area contributed by atoms with Crippen molar-refractivity contribution in [3.8, 4) is 0 Å². The molecule has 1 aliphatic heterocycles. The van der Waals surface area contributed by atoms with Crippen molar-refractivity contribution in [1.29, 1.82) is 0 Å². The van der Waals surface area contributed by atoms with Crippen molar-refractivity contribution in [3.05, 3.63) is 35.6 Å². The second kappa shape index (κ2) is 7.23. The second-order valence-electron chi connectivity index (χ2n) is 6.33. The molecule has 3 rings (SSSR count). The van der Waals surface area contributed by atoms with E-state index in [-0.39, 0.29) is 17.8 Å². The van der Waals surface area contributed by atoms with Crippen LogP contribution in [-0.2, 0) is 16.0 Å². The van der Waals surface area contributed by atoms with E-state index in [0.717, 1.165) is 37.8 Å². The maximum atomic E-state index is 12.9. The van der Waals surface area contributed by atoms with Crippen LogP contribution in [0.4, 0.5) is 4.39 Å². The molecule has 0 aromatic heterocycles. The molecule has 0 bridgehead atoms. The highest BCUT2D eigenvalue weighted by Crippen LogP contribution is 2.29. The van der Waals surface area contributed by atoms with E-state index < -0.39 is 0 Å². The minimum atomic E-state index is -0.212. The Hall–Kier alpha value is -1.42. The van der Waals surface area contributed by atoms with Gasteiger partial charge in [-0.3, -0.25) is 4.79 Å². The van der Waals surface area contributed by atoms with Gasteiger partial charge in [-0.1, -0.05) is 25.0 Å². The number of benzene rings is 1. The smallest absolute Gasteiger partial charge is 0.222 e. The molecule has 0 spiro atoms. The third-order valence-electron chi connectivity index (χ3n) is 4.82. The fraction of sp³-hybridized carbons (Fsp3) is 0.611. The van der Waals surface area contributed by atoms with Gasteiger partial charge in [0.1, 0.15) is 5.82 Å². The number of halogens is 1. The first-order chi connectivity index (χ1) is 10.7. The summed E-state index contributed by atoms with van der Waals surface area (Å²) in [5, 5.41) is 0. The van der Waals surface area contributed by atoms with Gasteiger partial charge in [-0.05, 0) is 43.4 Å². The van der Waals surface area contributed by atoms with Crippen molar-refractivity contribution in [2.75, 3.05) is 13.2 Å².